The first kappa shape index (κ1) is 20.4. The highest BCUT2D eigenvalue weighted by molar-refractivity contribution is 5.96. The van der Waals surface area contributed by atoms with Crippen molar-refractivity contribution >= 4 is 28.3 Å². The van der Waals surface area contributed by atoms with Crippen LogP contribution in [0.15, 0.2) is 66.7 Å². The molecule has 3 rings (SSSR count). The van der Waals surface area contributed by atoms with E-state index >= 15 is 0 Å². The number of nitrogens with one attached hydrogen (secondary N) is 2. The lowest BCUT2D eigenvalue weighted by molar-refractivity contribution is -0.138. The highest BCUT2D eigenvalue weighted by Crippen LogP contribution is 2.19. The van der Waals surface area contributed by atoms with Gasteiger partial charge in [0, 0.05) is 5.69 Å². The number of carbonyl (C=O) groups excluding carboxylic acids is 2. The highest BCUT2D eigenvalue weighted by atomic mass is 19.4. The van der Waals surface area contributed by atoms with E-state index in [1.165, 1.54) is 0 Å². The van der Waals surface area contributed by atoms with Crippen LogP contribution in [0, 0.1) is 0 Å². The maximum Gasteiger partial charge on any atom is 0.405 e. The van der Waals surface area contributed by atoms with Gasteiger partial charge in [-0.3, -0.25) is 9.59 Å². The van der Waals surface area contributed by atoms with Gasteiger partial charge in [0.25, 0.3) is 0 Å². The van der Waals surface area contributed by atoms with Gasteiger partial charge in [0.2, 0.25) is 11.8 Å². The van der Waals surface area contributed by atoms with Gasteiger partial charge in [-0.25, -0.2) is 0 Å². The lowest BCUT2D eigenvalue weighted by Gasteiger charge is -2.10. The molecule has 0 saturated carbocycles. The molecule has 0 fully saturated rings. The first-order valence-corrected chi connectivity index (χ1v) is 8.99. The van der Waals surface area contributed by atoms with Crippen molar-refractivity contribution in [2.24, 2.45) is 0 Å². The molecule has 7 heteroatoms. The SMILES string of the molecule is O=C(Cc1ccc(NC(=O)Cc2cccc3ccccc23)cc1)NCC(F)(F)F. The average Bonchev–Trinajstić information content (AvgIpc) is 2.68. The number of fused-ring (bicyclic) bond motifs is 1. The third-order valence-electron chi connectivity index (χ3n) is 4.32. The number of carbonyl (C=O) groups is 2. The molecule has 0 atom stereocenters. The number of hydrogen-bond acceptors (Lipinski definition) is 2. The number of alkyl halides is 3. The molecular formula is C22H19F3N2O2. The summed E-state index contributed by atoms with van der Waals surface area (Å²) in [6.45, 7) is -1.35. The van der Waals surface area contributed by atoms with Gasteiger partial charge in [-0.1, -0.05) is 54.6 Å². The molecule has 0 spiro atoms. The standard InChI is InChI=1S/C22H19F3N2O2/c23-22(24,25)14-26-20(28)12-15-8-10-18(11-9-15)27-21(29)13-17-6-3-5-16-4-1-2-7-19(16)17/h1-11H,12-14H2,(H,26,28)(H,27,29). The highest BCUT2D eigenvalue weighted by Gasteiger charge is 2.27. The van der Waals surface area contributed by atoms with Crippen molar-refractivity contribution in [3.63, 3.8) is 0 Å². The van der Waals surface area contributed by atoms with Crippen LogP contribution < -0.4 is 10.6 Å². The molecule has 2 N–H and O–H groups in total. The van der Waals surface area contributed by atoms with Crippen molar-refractivity contribution in [2.45, 2.75) is 19.0 Å². The average molecular weight is 400 g/mol. The minimum Gasteiger partial charge on any atom is -0.347 e. The van der Waals surface area contributed by atoms with Crippen molar-refractivity contribution in [1.82, 2.24) is 5.32 Å². The van der Waals surface area contributed by atoms with Crippen LogP contribution in [0.4, 0.5) is 18.9 Å². The summed E-state index contributed by atoms with van der Waals surface area (Å²) in [4.78, 5) is 23.9. The Morgan fingerprint density at radius 2 is 1.48 bits per heavy atom. The van der Waals surface area contributed by atoms with E-state index in [-0.39, 0.29) is 18.7 Å². The summed E-state index contributed by atoms with van der Waals surface area (Å²) in [7, 11) is 0. The maximum absolute atomic E-state index is 12.4. The predicted molar refractivity (Wildman–Crippen MR) is 105 cm³/mol. The Balaban J connectivity index is 1.56. The fourth-order valence-corrected chi connectivity index (χ4v) is 2.98. The second kappa shape index (κ2) is 8.77. The summed E-state index contributed by atoms with van der Waals surface area (Å²) < 4.78 is 36.4. The van der Waals surface area contributed by atoms with E-state index in [9.17, 15) is 22.8 Å². The summed E-state index contributed by atoms with van der Waals surface area (Å²) in [5.41, 5.74) is 2.02. The van der Waals surface area contributed by atoms with E-state index in [4.69, 9.17) is 0 Å². The normalized spacial score (nSPS) is 11.3. The summed E-state index contributed by atoms with van der Waals surface area (Å²) in [6.07, 6.45) is -4.39. The number of hydrogen-bond donors (Lipinski definition) is 2. The van der Waals surface area contributed by atoms with Gasteiger partial charge in [0.1, 0.15) is 6.54 Å². The Morgan fingerprint density at radius 3 is 2.21 bits per heavy atom. The number of amides is 2. The summed E-state index contributed by atoms with van der Waals surface area (Å²) in [6, 6.07) is 20.1. The molecule has 29 heavy (non-hydrogen) atoms. The zero-order valence-corrected chi connectivity index (χ0v) is 15.4. The van der Waals surface area contributed by atoms with Crippen molar-refractivity contribution in [2.75, 3.05) is 11.9 Å². The first-order valence-electron chi connectivity index (χ1n) is 8.99. The van der Waals surface area contributed by atoms with Crippen LogP contribution in [-0.4, -0.2) is 24.5 Å². The molecule has 0 unspecified atom stereocenters. The second-order valence-corrected chi connectivity index (χ2v) is 6.63. The molecule has 0 saturated heterocycles. The van der Waals surface area contributed by atoms with Crippen LogP contribution in [0.5, 0.6) is 0 Å². The first-order chi connectivity index (χ1) is 13.8. The van der Waals surface area contributed by atoms with E-state index in [1.807, 2.05) is 47.8 Å². The Morgan fingerprint density at radius 1 is 0.793 bits per heavy atom. The predicted octanol–water partition coefficient (Wildman–Crippen LogP) is 4.24. The van der Waals surface area contributed by atoms with Gasteiger partial charge in [0.15, 0.2) is 0 Å². The summed E-state index contributed by atoms with van der Waals surface area (Å²) in [5.74, 6) is -0.896. The molecule has 4 nitrogen and oxygen atoms in total. The van der Waals surface area contributed by atoms with Gasteiger partial charge < -0.3 is 10.6 Å². The van der Waals surface area contributed by atoms with Crippen molar-refractivity contribution in [3.8, 4) is 0 Å². The zero-order chi connectivity index (χ0) is 20.9. The molecule has 150 valence electrons. The molecule has 0 radical (unpaired) electrons. The molecule has 3 aromatic carbocycles. The van der Waals surface area contributed by atoms with Crippen LogP contribution >= 0.6 is 0 Å². The molecule has 0 aliphatic rings. The fourth-order valence-electron chi connectivity index (χ4n) is 2.98. The Bertz CT molecular complexity index is 1010. The largest absolute Gasteiger partial charge is 0.405 e. The minimum atomic E-state index is -4.44. The molecule has 0 aliphatic carbocycles. The van der Waals surface area contributed by atoms with Crippen LogP contribution in [0.1, 0.15) is 11.1 Å². The smallest absolute Gasteiger partial charge is 0.347 e. The van der Waals surface area contributed by atoms with Crippen molar-refractivity contribution in [3.05, 3.63) is 77.9 Å². The van der Waals surface area contributed by atoms with E-state index in [2.05, 4.69) is 5.32 Å². The lowest BCUT2D eigenvalue weighted by atomic mass is 10.0. The van der Waals surface area contributed by atoms with Gasteiger partial charge in [0.05, 0.1) is 12.8 Å². The van der Waals surface area contributed by atoms with Crippen LogP contribution in [0.2, 0.25) is 0 Å². The number of rotatable bonds is 6. The second-order valence-electron chi connectivity index (χ2n) is 6.63. The monoisotopic (exact) mass is 400 g/mol. The lowest BCUT2D eigenvalue weighted by Crippen LogP contribution is -2.34. The Labute approximate surface area is 165 Å². The summed E-state index contributed by atoms with van der Waals surface area (Å²) in [5, 5.41) is 6.70. The fraction of sp³-hybridized carbons (Fsp3) is 0.182. The van der Waals surface area contributed by atoms with E-state index < -0.39 is 18.6 Å². The topological polar surface area (TPSA) is 58.2 Å². The maximum atomic E-state index is 12.4. The van der Waals surface area contributed by atoms with Gasteiger partial charge in [-0.05, 0) is 34.0 Å². The van der Waals surface area contributed by atoms with E-state index in [0.29, 0.717) is 11.3 Å². The van der Waals surface area contributed by atoms with Gasteiger partial charge in [-0.15, -0.1) is 0 Å². The molecule has 0 aromatic heterocycles. The third-order valence-corrected chi connectivity index (χ3v) is 4.32. The molecular weight excluding hydrogens is 381 g/mol. The molecule has 3 aromatic rings. The zero-order valence-electron chi connectivity index (χ0n) is 15.4. The van der Waals surface area contributed by atoms with Crippen LogP contribution in [0.25, 0.3) is 10.8 Å². The molecule has 0 aliphatic heterocycles. The number of halogens is 3. The third kappa shape index (κ3) is 6.07. The molecule has 2 amide bonds. The molecule has 0 bridgehead atoms. The van der Waals surface area contributed by atoms with E-state index in [1.54, 1.807) is 24.3 Å². The Kier molecular flexibility index (Phi) is 6.16. The quantitative estimate of drug-likeness (QED) is 0.650. The van der Waals surface area contributed by atoms with Crippen molar-refractivity contribution in [1.29, 1.82) is 0 Å². The summed E-state index contributed by atoms with van der Waals surface area (Å²) >= 11 is 0. The van der Waals surface area contributed by atoms with Crippen LogP contribution in [0.3, 0.4) is 0 Å². The minimum absolute atomic E-state index is 0.166. The van der Waals surface area contributed by atoms with Gasteiger partial charge >= 0.3 is 6.18 Å². The Hall–Kier alpha value is -3.35. The van der Waals surface area contributed by atoms with Crippen LogP contribution in [-0.2, 0) is 22.4 Å². The number of benzene rings is 3. The van der Waals surface area contributed by atoms with E-state index in [0.717, 1.165) is 16.3 Å². The van der Waals surface area contributed by atoms with Crippen molar-refractivity contribution < 1.29 is 22.8 Å². The van der Waals surface area contributed by atoms with Gasteiger partial charge in [-0.2, -0.15) is 13.2 Å². The number of anilines is 1. The molecule has 0 heterocycles.